The number of likely N-dealkylation sites (tertiary alicyclic amines) is 1. The number of amides is 2. The van der Waals surface area contributed by atoms with Gasteiger partial charge in [0.15, 0.2) is 0 Å². The number of anilines is 1. The maximum absolute atomic E-state index is 12.2. The van der Waals surface area contributed by atoms with E-state index in [0.717, 1.165) is 38.8 Å². The first-order valence-corrected chi connectivity index (χ1v) is 9.13. The zero-order valence-corrected chi connectivity index (χ0v) is 14.5. The minimum Gasteiger partial charge on any atom is -0.489 e. The van der Waals surface area contributed by atoms with Crippen molar-refractivity contribution >= 4 is 17.5 Å². The summed E-state index contributed by atoms with van der Waals surface area (Å²) in [6, 6.07) is 7.42. The molecule has 0 aromatic heterocycles. The lowest BCUT2D eigenvalue weighted by atomic mass is 10.1. The van der Waals surface area contributed by atoms with E-state index < -0.39 is 0 Å². The molecular weight excluding hydrogens is 320 g/mol. The number of ether oxygens (including phenoxy) is 2. The number of rotatable bonds is 7. The molecule has 2 heterocycles. The van der Waals surface area contributed by atoms with Crippen molar-refractivity contribution in [1.29, 1.82) is 0 Å². The van der Waals surface area contributed by atoms with E-state index in [1.807, 2.05) is 24.3 Å². The Kier molecular flexibility index (Phi) is 6.28. The highest BCUT2D eigenvalue weighted by Crippen LogP contribution is 2.25. The monoisotopic (exact) mass is 346 g/mol. The van der Waals surface area contributed by atoms with Crippen molar-refractivity contribution in [3.8, 4) is 5.75 Å². The van der Waals surface area contributed by atoms with Gasteiger partial charge in [0.1, 0.15) is 12.4 Å². The van der Waals surface area contributed by atoms with Gasteiger partial charge in [0, 0.05) is 32.5 Å². The first kappa shape index (κ1) is 17.7. The van der Waals surface area contributed by atoms with Crippen molar-refractivity contribution in [3.05, 3.63) is 24.3 Å². The number of nitrogens with zero attached hydrogens (tertiary/aromatic N) is 1. The number of piperidine rings is 1. The molecule has 1 aromatic carbocycles. The number of hydrogen-bond acceptors (Lipinski definition) is 4. The van der Waals surface area contributed by atoms with Gasteiger partial charge in [-0.3, -0.25) is 9.59 Å². The second kappa shape index (κ2) is 8.85. The molecule has 1 atom stereocenters. The molecule has 1 N–H and O–H groups in total. The third-order valence-corrected chi connectivity index (χ3v) is 4.64. The standard InChI is InChI=1S/C19H26N2O4/c22-18(10-12-21-11-4-3-9-19(21)23)20-16-7-1-2-8-17(16)25-14-15-6-5-13-24-15/h1-2,7-8,15H,3-6,9-14H2,(H,20,22). The number of hydrogen-bond donors (Lipinski definition) is 1. The molecule has 0 spiro atoms. The maximum atomic E-state index is 12.2. The van der Waals surface area contributed by atoms with Gasteiger partial charge in [-0.25, -0.2) is 0 Å². The summed E-state index contributed by atoms with van der Waals surface area (Å²) < 4.78 is 11.4. The predicted molar refractivity (Wildman–Crippen MR) is 94.6 cm³/mol. The van der Waals surface area contributed by atoms with Gasteiger partial charge in [-0.05, 0) is 37.8 Å². The van der Waals surface area contributed by atoms with E-state index in [4.69, 9.17) is 9.47 Å². The average Bonchev–Trinajstić information content (AvgIpc) is 3.14. The zero-order valence-electron chi connectivity index (χ0n) is 14.5. The molecule has 0 bridgehead atoms. The van der Waals surface area contributed by atoms with E-state index in [1.165, 1.54) is 0 Å². The van der Waals surface area contributed by atoms with Crippen molar-refractivity contribution in [2.75, 3.05) is 31.6 Å². The molecule has 6 nitrogen and oxygen atoms in total. The molecule has 0 saturated carbocycles. The fourth-order valence-electron chi connectivity index (χ4n) is 3.20. The molecule has 2 fully saturated rings. The smallest absolute Gasteiger partial charge is 0.226 e. The van der Waals surface area contributed by atoms with Crippen LogP contribution in [0.4, 0.5) is 5.69 Å². The molecule has 2 saturated heterocycles. The van der Waals surface area contributed by atoms with Crippen molar-refractivity contribution < 1.29 is 19.1 Å². The summed E-state index contributed by atoms with van der Waals surface area (Å²) in [7, 11) is 0. The van der Waals surface area contributed by atoms with Crippen LogP contribution in [0.3, 0.4) is 0 Å². The summed E-state index contributed by atoms with van der Waals surface area (Å²) in [5, 5.41) is 2.90. The highest BCUT2D eigenvalue weighted by atomic mass is 16.5. The molecule has 2 aliphatic rings. The van der Waals surface area contributed by atoms with Crippen LogP contribution >= 0.6 is 0 Å². The number of nitrogens with one attached hydrogen (secondary N) is 1. The Labute approximate surface area is 148 Å². The normalized spacial score (nSPS) is 20.6. The second-order valence-electron chi connectivity index (χ2n) is 6.58. The maximum Gasteiger partial charge on any atom is 0.226 e. The molecular formula is C19H26N2O4. The number of para-hydroxylation sites is 2. The number of carbonyl (C=O) groups is 2. The Morgan fingerprint density at radius 1 is 1.28 bits per heavy atom. The van der Waals surface area contributed by atoms with Crippen LogP contribution in [-0.4, -0.2) is 49.1 Å². The summed E-state index contributed by atoms with van der Waals surface area (Å²) in [4.78, 5) is 25.8. The first-order chi connectivity index (χ1) is 12.2. The quantitative estimate of drug-likeness (QED) is 0.824. The Balaban J connectivity index is 1.49. The lowest BCUT2D eigenvalue weighted by Crippen LogP contribution is -2.37. The van der Waals surface area contributed by atoms with Crippen LogP contribution in [0.25, 0.3) is 0 Å². The predicted octanol–water partition coefficient (Wildman–Crippen LogP) is 2.59. The lowest BCUT2D eigenvalue weighted by molar-refractivity contribution is -0.133. The van der Waals surface area contributed by atoms with Gasteiger partial charge in [-0.2, -0.15) is 0 Å². The van der Waals surface area contributed by atoms with Crippen LogP contribution in [0, 0.1) is 0 Å². The van der Waals surface area contributed by atoms with Gasteiger partial charge >= 0.3 is 0 Å². The van der Waals surface area contributed by atoms with Crippen LogP contribution in [0.1, 0.15) is 38.5 Å². The van der Waals surface area contributed by atoms with Gasteiger partial charge in [0.25, 0.3) is 0 Å². The van der Waals surface area contributed by atoms with E-state index in [1.54, 1.807) is 4.90 Å². The molecule has 6 heteroatoms. The van der Waals surface area contributed by atoms with Gasteiger partial charge in [-0.15, -0.1) is 0 Å². The van der Waals surface area contributed by atoms with E-state index in [-0.39, 0.29) is 17.9 Å². The molecule has 1 unspecified atom stereocenters. The van der Waals surface area contributed by atoms with Crippen LogP contribution in [-0.2, 0) is 14.3 Å². The Bertz CT molecular complexity index is 599. The molecule has 3 rings (SSSR count). The molecule has 0 radical (unpaired) electrons. The molecule has 1 aromatic rings. The van der Waals surface area contributed by atoms with Crippen molar-refractivity contribution in [2.24, 2.45) is 0 Å². The molecule has 2 aliphatic heterocycles. The summed E-state index contributed by atoms with van der Waals surface area (Å²) in [5.41, 5.74) is 0.662. The summed E-state index contributed by atoms with van der Waals surface area (Å²) in [6.07, 6.45) is 5.09. The van der Waals surface area contributed by atoms with E-state index >= 15 is 0 Å². The average molecular weight is 346 g/mol. The van der Waals surface area contributed by atoms with Crippen LogP contribution in [0.2, 0.25) is 0 Å². The van der Waals surface area contributed by atoms with E-state index in [2.05, 4.69) is 5.32 Å². The zero-order chi connectivity index (χ0) is 17.5. The number of benzene rings is 1. The number of carbonyl (C=O) groups excluding carboxylic acids is 2. The van der Waals surface area contributed by atoms with Gasteiger partial charge in [-0.1, -0.05) is 12.1 Å². The third-order valence-electron chi connectivity index (χ3n) is 4.64. The summed E-state index contributed by atoms with van der Waals surface area (Å²) in [6.45, 7) is 2.52. The first-order valence-electron chi connectivity index (χ1n) is 9.13. The summed E-state index contributed by atoms with van der Waals surface area (Å²) in [5.74, 6) is 0.700. The van der Waals surface area contributed by atoms with Gasteiger partial charge < -0.3 is 19.7 Å². The third kappa shape index (κ3) is 5.19. The van der Waals surface area contributed by atoms with E-state index in [0.29, 0.717) is 37.4 Å². The highest BCUT2D eigenvalue weighted by molar-refractivity contribution is 5.92. The van der Waals surface area contributed by atoms with Gasteiger partial charge in [0.2, 0.25) is 11.8 Å². The highest BCUT2D eigenvalue weighted by Gasteiger charge is 2.19. The van der Waals surface area contributed by atoms with Gasteiger partial charge in [0.05, 0.1) is 11.8 Å². The summed E-state index contributed by atoms with van der Waals surface area (Å²) >= 11 is 0. The minimum atomic E-state index is -0.105. The fourth-order valence-corrected chi connectivity index (χ4v) is 3.20. The van der Waals surface area contributed by atoms with Crippen molar-refractivity contribution in [1.82, 2.24) is 4.90 Å². The fraction of sp³-hybridized carbons (Fsp3) is 0.579. The molecule has 25 heavy (non-hydrogen) atoms. The van der Waals surface area contributed by atoms with Crippen LogP contribution in [0.5, 0.6) is 5.75 Å². The van der Waals surface area contributed by atoms with Crippen LogP contribution < -0.4 is 10.1 Å². The largest absolute Gasteiger partial charge is 0.489 e. The molecule has 136 valence electrons. The van der Waals surface area contributed by atoms with E-state index in [9.17, 15) is 9.59 Å². The second-order valence-corrected chi connectivity index (χ2v) is 6.58. The molecule has 0 aliphatic carbocycles. The van der Waals surface area contributed by atoms with Crippen LogP contribution in [0.15, 0.2) is 24.3 Å². The SMILES string of the molecule is O=C(CCN1CCCCC1=O)Nc1ccccc1OCC1CCCO1. The Morgan fingerprint density at radius 3 is 2.96 bits per heavy atom. The topological polar surface area (TPSA) is 67.9 Å². The minimum absolute atomic E-state index is 0.105. The Morgan fingerprint density at radius 2 is 2.16 bits per heavy atom. The van der Waals surface area contributed by atoms with Crippen molar-refractivity contribution in [2.45, 2.75) is 44.6 Å². The Hall–Kier alpha value is -2.08. The van der Waals surface area contributed by atoms with Crippen molar-refractivity contribution in [3.63, 3.8) is 0 Å². The lowest BCUT2D eigenvalue weighted by Gasteiger charge is -2.26. The molecule has 2 amide bonds.